The number of rotatable bonds is 6. The molecule has 0 heterocycles. The first kappa shape index (κ1) is 13.6. The Morgan fingerprint density at radius 2 is 1.94 bits per heavy atom. The van der Waals surface area contributed by atoms with Gasteiger partial charge in [-0.05, 0) is 43.7 Å². The second kappa shape index (κ2) is 5.85. The quantitative estimate of drug-likeness (QED) is 0.838. The van der Waals surface area contributed by atoms with Crippen LogP contribution in [0.15, 0.2) is 24.3 Å². The third kappa shape index (κ3) is 2.76. The minimum Gasteiger partial charge on any atom is -0.382 e. The summed E-state index contributed by atoms with van der Waals surface area (Å²) in [5.74, 6) is 0. The standard InChI is InChI=1S/C16H25NO/c1-13(18-2)4-5-14-6-8-15(9-7-14)16(12-17)10-3-11-16/h6-9,13H,3-5,10-12,17H2,1-2H3. The molecule has 1 fully saturated rings. The van der Waals surface area contributed by atoms with Gasteiger partial charge in [-0.15, -0.1) is 0 Å². The Bertz CT molecular complexity index is 362. The van der Waals surface area contributed by atoms with E-state index in [2.05, 4.69) is 31.2 Å². The summed E-state index contributed by atoms with van der Waals surface area (Å²) in [5.41, 5.74) is 9.06. The van der Waals surface area contributed by atoms with E-state index in [1.165, 1.54) is 30.4 Å². The van der Waals surface area contributed by atoms with Crippen LogP contribution in [-0.2, 0) is 16.6 Å². The van der Waals surface area contributed by atoms with E-state index in [1.807, 2.05) is 0 Å². The van der Waals surface area contributed by atoms with E-state index in [0.717, 1.165) is 19.4 Å². The average Bonchev–Trinajstić information content (AvgIpc) is 2.37. The summed E-state index contributed by atoms with van der Waals surface area (Å²) in [5, 5.41) is 0. The highest BCUT2D eigenvalue weighted by atomic mass is 16.5. The van der Waals surface area contributed by atoms with Crippen LogP contribution in [0, 0.1) is 0 Å². The number of hydrogen-bond acceptors (Lipinski definition) is 2. The van der Waals surface area contributed by atoms with Crippen LogP contribution in [0.1, 0.15) is 43.7 Å². The Kier molecular flexibility index (Phi) is 4.41. The van der Waals surface area contributed by atoms with Gasteiger partial charge in [0.15, 0.2) is 0 Å². The van der Waals surface area contributed by atoms with Crippen molar-refractivity contribution in [3.63, 3.8) is 0 Å². The highest BCUT2D eigenvalue weighted by molar-refractivity contribution is 5.31. The van der Waals surface area contributed by atoms with Gasteiger partial charge in [0.25, 0.3) is 0 Å². The van der Waals surface area contributed by atoms with E-state index >= 15 is 0 Å². The topological polar surface area (TPSA) is 35.2 Å². The molecule has 2 heteroatoms. The van der Waals surface area contributed by atoms with Crippen molar-refractivity contribution in [3.05, 3.63) is 35.4 Å². The van der Waals surface area contributed by atoms with Crippen LogP contribution in [0.5, 0.6) is 0 Å². The molecule has 1 aliphatic rings. The first-order chi connectivity index (χ1) is 8.70. The van der Waals surface area contributed by atoms with Crippen molar-refractivity contribution in [1.82, 2.24) is 0 Å². The summed E-state index contributed by atoms with van der Waals surface area (Å²) in [7, 11) is 1.77. The lowest BCUT2D eigenvalue weighted by atomic mass is 9.64. The molecule has 1 aromatic carbocycles. The predicted octanol–water partition coefficient (Wildman–Crippen LogP) is 3.03. The van der Waals surface area contributed by atoms with E-state index in [9.17, 15) is 0 Å². The first-order valence-corrected chi connectivity index (χ1v) is 7.02. The summed E-state index contributed by atoms with van der Waals surface area (Å²) in [6.07, 6.45) is 6.34. The molecule has 0 radical (unpaired) electrons. The van der Waals surface area contributed by atoms with Crippen LogP contribution < -0.4 is 5.73 Å². The Morgan fingerprint density at radius 3 is 2.39 bits per heavy atom. The average molecular weight is 247 g/mol. The molecule has 0 bridgehead atoms. The number of benzene rings is 1. The maximum atomic E-state index is 5.94. The highest BCUT2D eigenvalue weighted by Gasteiger charge is 2.36. The fourth-order valence-electron chi connectivity index (χ4n) is 2.73. The van der Waals surface area contributed by atoms with Crippen LogP contribution in [0.3, 0.4) is 0 Å². The molecule has 1 saturated carbocycles. The van der Waals surface area contributed by atoms with Gasteiger partial charge in [-0.1, -0.05) is 30.7 Å². The Morgan fingerprint density at radius 1 is 1.28 bits per heavy atom. The van der Waals surface area contributed by atoms with Crippen LogP contribution in [-0.4, -0.2) is 19.8 Å². The molecule has 2 nitrogen and oxygen atoms in total. The van der Waals surface area contributed by atoms with Gasteiger partial charge >= 0.3 is 0 Å². The van der Waals surface area contributed by atoms with E-state index in [4.69, 9.17) is 10.5 Å². The van der Waals surface area contributed by atoms with Crippen molar-refractivity contribution in [1.29, 1.82) is 0 Å². The molecule has 0 aromatic heterocycles. The molecule has 0 saturated heterocycles. The molecule has 0 amide bonds. The van der Waals surface area contributed by atoms with Crippen LogP contribution >= 0.6 is 0 Å². The molecule has 100 valence electrons. The second-order valence-corrected chi connectivity index (χ2v) is 5.62. The molecule has 1 aromatic rings. The number of aryl methyl sites for hydroxylation is 1. The van der Waals surface area contributed by atoms with Gasteiger partial charge in [0, 0.05) is 19.1 Å². The van der Waals surface area contributed by atoms with Gasteiger partial charge in [-0.25, -0.2) is 0 Å². The highest BCUT2D eigenvalue weighted by Crippen LogP contribution is 2.42. The molecule has 2 N–H and O–H groups in total. The normalized spacial score (nSPS) is 19.3. The minimum absolute atomic E-state index is 0.290. The van der Waals surface area contributed by atoms with Crippen molar-refractivity contribution in [2.45, 2.75) is 50.5 Å². The van der Waals surface area contributed by atoms with Gasteiger partial charge in [0.2, 0.25) is 0 Å². The molecule has 2 rings (SSSR count). The monoisotopic (exact) mass is 247 g/mol. The van der Waals surface area contributed by atoms with E-state index in [-0.39, 0.29) is 0 Å². The minimum atomic E-state index is 0.290. The van der Waals surface area contributed by atoms with Crippen molar-refractivity contribution in [2.24, 2.45) is 5.73 Å². The summed E-state index contributed by atoms with van der Waals surface area (Å²) in [6, 6.07) is 9.07. The summed E-state index contributed by atoms with van der Waals surface area (Å²) in [6.45, 7) is 2.90. The fourth-order valence-corrected chi connectivity index (χ4v) is 2.73. The lowest BCUT2D eigenvalue weighted by molar-refractivity contribution is 0.111. The summed E-state index contributed by atoms with van der Waals surface area (Å²) < 4.78 is 5.28. The molecule has 1 unspecified atom stereocenters. The Hall–Kier alpha value is -0.860. The number of hydrogen-bond donors (Lipinski definition) is 1. The summed E-state index contributed by atoms with van der Waals surface area (Å²) >= 11 is 0. The third-order valence-electron chi connectivity index (χ3n) is 4.51. The van der Waals surface area contributed by atoms with E-state index in [1.54, 1.807) is 7.11 Å². The van der Waals surface area contributed by atoms with E-state index in [0.29, 0.717) is 11.5 Å². The third-order valence-corrected chi connectivity index (χ3v) is 4.51. The molecule has 0 aliphatic heterocycles. The number of nitrogens with two attached hydrogens (primary N) is 1. The van der Waals surface area contributed by atoms with Crippen LogP contribution in [0.2, 0.25) is 0 Å². The van der Waals surface area contributed by atoms with Gasteiger partial charge in [-0.2, -0.15) is 0 Å². The van der Waals surface area contributed by atoms with Crippen molar-refractivity contribution in [2.75, 3.05) is 13.7 Å². The van der Waals surface area contributed by atoms with Crippen molar-refractivity contribution >= 4 is 0 Å². The van der Waals surface area contributed by atoms with Gasteiger partial charge in [-0.3, -0.25) is 0 Å². The lowest BCUT2D eigenvalue weighted by Crippen LogP contribution is -2.41. The van der Waals surface area contributed by atoms with Crippen molar-refractivity contribution < 1.29 is 4.74 Å². The summed E-state index contributed by atoms with van der Waals surface area (Å²) in [4.78, 5) is 0. The number of methoxy groups -OCH3 is 1. The van der Waals surface area contributed by atoms with Crippen molar-refractivity contribution in [3.8, 4) is 0 Å². The maximum Gasteiger partial charge on any atom is 0.0546 e. The Balaban J connectivity index is 1.97. The Labute approximate surface area is 111 Å². The molecule has 18 heavy (non-hydrogen) atoms. The molecule has 1 aliphatic carbocycles. The molecular formula is C16H25NO. The SMILES string of the molecule is COC(C)CCc1ccc(C2(CN)CCC2)cc1. The lowest BCUT2D eigenvalue weighted by Gasteiger charge is -2.41. The largest absolute Gasteiger partial charge is 0.382 e. The smallest absolute Gasteiger partial charge is 0.0546 e. The first-order valence-electron chi connectivity index (χ1n) is 7.02. The second-order valence-electron chi connectivity index (χ2n) is 5.62. The van der Waals surface area contributed by atoms with E-state index < -0.39 is 0 Å². The predicted molar refractivity (Wildman–Crippen MR) is 75.8 cm³/mol. The zero-order valence-corrected chi connectivity index (χ0v) is 11.6. The van der Waals surface area contributed by atoms with Gasteiger partial charge in [0.1, 0.15) is 0 Å². The molecule has 1 atom stereocenters. The van der Waals surface area contributed by atoms with Gasteiger partial charge in [0.05, 0.1) is 6.10 Å². The maximum absolute atomic E-state index is 5.94. The van der Waals surface area contributed by atoms with Crippen LogP contribution in [0.25, 0.3) is 0 Å². The molecular weight excluding hydrogens is 222 g/mol. The molecule has 0 spiro atoms. The fraction of sp³-hybridized carbons (Fsp3) is 0.625. The van der Waals surface area contributed by atoms with Crippen LogP contribution in [0.4, 0.5) is 0 Å². The number of ether oxygens (including phenoxy) is 1. The zero-order valence-electron chi connectivity index (χ0n) is 11.6. The van der Waals surface area contributed by atoms with Gasteiger partial charge < -0.3 is 10.5 Å². The zero-order chi connectivity index (χ0) is 13.0.